The lowest BCUT2D eigenvalue weighted by atomic mass is 10.1. The Bertz CT molecular complexity index is 1050. The largest absolute Gasteiger partial charge is 0.457 e. The number of nitriles is 1. The first-order valence-electron chi connectivity index (χ1n) is 7.33. The molecule has 2 aromatic rings. The van der Waals surface area contributed by atoms with Crippen LogP contribution in [0, 0.1) is 17.1 Å². The van der Waals surface area contributed by atoms with E-state index in [2.05, 4.69) is 0 Å². The molecule has 26 heavy (non-hydrogen) atoms. The van der Waals surface area contributed by atoms with Crippen LogP contribution in [0.15, 0.2) is 35.2 Å². The van der Waals surface area contributed by atoms with E-state index in [4.69, 9.17) is 21.6 Å². The summed E-state index contributed by atoms with van der Waals surface area (Å²) >= 11 is 5.68. The first kappa shape index (κ1) is 18.6. The average Bonchev–Trinajstić information content (AvgIpc) is 2.77. The Kier molecular flexibility index (Phi) is 4.43. The predicted octanol–water partition coefficient (Wildman–Crippen LogP) is 3.39. The monoisotopic (exact) mass is 399 g/mol. The van der Waals surface area contributed by atoms with E-state index in [1.54, 1.807) is 6.07 Å². The van der Waals surface area contributed by atoms with Crippen molar-refractivity contribution in [2.24, 2.45) is 0 Å². The predicted molar refractivity (Wildman–Crippen MR) is 89.1 cm³/mol. The zero-order valence-corrected chi connectivity index (χ0v) is 14.9. The molecule has 9 heteroatoms. The van der Waals surface area contributed by atoms with Crippen LogP contribution in [0.25, 0.3) is 0 Å². The number of halogens is 3. The second-order valence-corrected chi connectivity index (χ2v) is 8.57. The van der Waals surface area contributed by atoms with Crippen LogP contribution in [-0.2, 0) is 16.3 Å². The van der Waals surface area contributed by atoms with Gasteiger partial charge in [0.25, 0.3) is 0 Å². The molecule has 0 heterocycles. The third kappa shape index (κ3) is 3.26. The average molecular weight is 400 g/mol. The third-order valence-electron chi connectivity index (χ3n) is 3.99. The van der Waals surface area contributed by atoms with Gasteiger partial charge < -0.3 is 9.84 Å². The van der Waals surface area contributed by atoms with Gasteiger partial charge in [-0.15, -0.1) is 0 Å². The van der Waals surface area contributed by atoms with Crippen molar-refractivity contribution in [3.8, 4) is 17.6 Å². The van der Waals surface area contributed by atoms with Crippen LogP contribution in [0.5, 0.6) is 11.5 Å². The van der Waals surface area contributed by atoms with Crippen molar-refractivity contribution in [3.63, 3.8) is 0 Å². The highest BCUT2D eigenvalue weighted by molar-refractivity contribution is 7.90. The van der Waals surface area contributed by atoms with Crippen LogP contribution in [0.4, 0.5) is 8.78 Å². The standard InChI is InChI=1S/C17H12ClF2NO4S/c1-26(23,24)14-3-2-13(12-7-17(18,20)16(22)15(12)14)25-11-5-9(8-21)4-10(19)6-11/h2-6,16,22H,7H2,1H3. The van der Waals surface area contributed by atoms with Gasteiger partial charge in [-0.2, -0.15) is 5.26 Å². The molecule has 2 atom stereocenters. The molecule has 0 amide bonds. The van der Waals surface area contributed by atoms with E-state index < -0.39 is 33.3 Å². The summed E-state index contributed by atoms with van der Waals surface area (Å²) in [6.45, 7) is 0. The summed E-state index contributed by atoms with van der Waals surface area (Å²) in [5.74, 6) is -0.724. The van der Waals surface area contributed by atoms with Crippen molar-refractivity contribution in [3.05, 3.63) is 52.8 Å². The molecular weight excluding hydrogens is 388 g/mol. The van der Waals surface area contributed by atoms with Gasteiger partial charge in [0.15, 0.2) is 9.84 Å². The highest BCUT2D eigenvalue weighted by Crippen LogP contribution is 2.50. The lowest BCUT2D eigenvalue weighted by Gasteiger charge is -2.16. The molecular formula is C17H12ClF2NO4S. The molecule has 0 saturated heterocycles. The number of rotatable bonds is 3. The van der Waals surface area contributed by atoms with Crippen molar-refractivity contribution in [2.45, 2.75) is 22.5 Å². The number of hydrogen-bond acceptors (Lipinski definition) is 5. The van der Waals surface area contributed by atoms with Gasteiger partial charge in [-0.25, -0.2) is 17.2 Å². The summed E-state index contributed by atoms with van der Waals surface area (Å²) in [5.41, 5.74) is -0.0956. The van der Waals surface area contributed by atoms with E-state index in [0.29, 0.717) is 0 Å². The molecule has 0 spiro atoms. The second-order valence-electron chi connectivity index (χ2n) is 5.96. The maximum atomic E-state index is 14.4. The number of aliphatic hydroxyl groups is 1. The molecule has 0 radical (unpaired) electrons. The smallest absolute Gasteiger partial charge is 0.217 e. The molecule has 0 aliphatic heterocycles. The van der Waals surface area contributed by atoms with Crippen LogP contribution in [-0.4, -0.2) is 24.9 Å². The fourth-order valence-corrected chi connectivity index (χ4v) is 4.07. The molecule has 136 valence electrons. The molecule has 5 nitrogen and oxygen atoms in total. The number of sulfone groups is 1. The Labute approximate surface area is 153 Å². The molecule has 3 rings (SSSR count). The number of nitrogens with zero attached hydrogens (tertiary/aromatic N) is 1. The molecule has 0 fully saturated rings. The lowest BCUT2D eigenvalue weighted by molar-refractivity contribution is 0.0623. The maximum absolute atomic E-state index is 14.4. The molecule has 0 saturated carbocycles. The van der Waals surface area contributed by atoms with Crippen LogP contribution < -0.4 is 4.74 Å². The third-order valence-corrected chi connectivity index (χ3v) is 5.48. The Morgan fingerprint density at radius 3 is 2.69 bits per heavy atom. The van der Waals surface area contributed by atoms with Crippen molar-refractivity contribution < 1.29 is 27.0 Å². The molecule has 0 aromatic heterocycles. The first-order valence-corrected chi connectivity index (χ1v) is 9.60. The number of aliphatic hydroxyl groups excluding tert-OH is 1. The summed E-state index contributed by atoms with van der Waals surface area (Å²) < 4.78 is 57.4. The Morgan fingerprint density at radius 1 is 1.38 bits per heavy atom. The topological polar surface area (TPSA) is 87.4 Å². The number of alkyl halides is 2. The van der Waals surface area contributed by atoms with Gasteiger partial charge >= 0.3 is 0 Å². The van der Waals surface area contributed by atoms with Gasteiger partial charge in [-0.3, -0.25) is 0 Å². The minimum Gasteiger partial charge on any atom is -0.457 e. The van der Waals surface area contributed by atoms with Crippen molar-refractivity contribution in [1.29, 1.82) is 5.26 Å². The summed E-state index contributed by atoms with van der Waals surface area (Å²) in [6, 6.07) is 7.52. The molecule has 1 aliphatic carbocycles. The SMILES string of the molecule is CS(=O)(=O)c1ccc(Oc2cc(F)cc(C#N)c2)c2c1C(O)C(F)(Cl)C2. The Morgan fingerprint density at radius 2 is 2.08 bits per heavy atom. The van der Waals surface area contributed by atoms with E-state index >= 15 is 0 Å². The first-order chi connectivity index (χ1) is 12.0. The normalized spacial score (nSPS) is 21.9. The van der Waals surface area contributed by atoms with Crippen LogP contribution in [0.2, 0.25) is 0 Å². The Balaban J connectivity index is 2.15. The van der Waals surface area contributed by atoms with E-state index in [-0.39, 0.29) is 33.1 Å². The summed E-state index contributed by atoms with van der Waals surface area (Å²) in [6.07, 6.45) is -1.44. The summed E-state index contributed by atoms with van der Waals surface area (Å²) in [7, 11) is -3.76. The van der Waals surface area contributed by atoms with Gasteiger partial charge in [0.2, 0.25) is 5.13 Å². The van der Waals surface area contributed by atoms with Crippen LogP contribution >= 0.6 is 11.6 Å². The van der Waals surface area contributed by atoms with E-state index in [0.717, 1.165) is 24.5 Å². The zero-order chi connectivity index (χ0) is 19.3. The minimum atomic E-state index is -3.76. The minimum absolute atomic E-state index is 0.0149. The molecule has 1 aliphatic rings. The van der Waals surface area contributed by atoms with Crippen molar-refractivity contribution in [1.82, 2.24) is 0 Å². The van der Waals surface area contributed by atoms with Gasteiger partial charge in [0, 0.05) is 29.9 Å². The van der Waals surface area contributed by atoms with Gasteiger partial charge in [0.1, 0.15) is 23.4 Å². The molecule has 0 bridgehead atoms. The van der Waals surface area contributed by atoms with Crippen molar-refractivity contribution in [2.75, 3.05) is 6.26 Å². The van der Waals surface area contributed by atoms with E-state index in [9.17, 15) is 22.3 Å². The fourth-order valence-electron chi connectivity index (χ4n) is 2.88. The molecule has 2 aromatic carbocycles. The highest BCUT2D eigenvalue weighted by Gasteiger charge is 2.48. The summed E-state index contributed by atoms with van der Waals surface area (Å²) in [5, 5.41) is 16.4. The molecule has 1 N–H and O–H groups in total. The number of ether oxygens (including phenoxy) is 1. The van der Waals surface area contributed by atoms with Crippen LogP contribution in [0.3, 0.4) is 0 Å². The van der Waals surface area contributed by atoms with E-state index in [1.165, 1.54) is 12.1 Å². The quantitative estimate of drug-likeness (QED) is 0.799. The zero-order valence-electron chi connectivity index (χ0n) is 13.3. The Hall–Kier alpha value is -2.21. The van der Waals surface area contributed by atoms with E-state index in [1.807, 2.05) is 0 Å². The highest BCUT2D eigenvalue weighted by atomic mass is 35.5. The number of hydrogen-bond donors (Lipinski definition) is 1. The van der Waals surface area contributed by atoms with Crippen molar-refractivity contribution >= 4 is 21.4 Å². The fraction of sp³-hybridized carbons (Fsp3) is 0.235. The molecule has 2 unspecified atom stereocenters. The maximum Gasteiger partial charge on any atom is 0.217 e. The van der Waals surface area contributed by atoms with Gasteiger partial charge in [-0.05, 0) is 24.3 Å². The lowest BCUT2D eigenvalue weighted by Crippen LogP contribution is -2.20. The second kappa shape index (κ2) is 6.20. The summed E-state index contributed by atoms with van der Waals surface area (Å²) in [4.78, 5) is -0.260. The van der Waals surface area contributed by atoms with Gasteiger partial charge in [-0.1, -0.05) is 11.6 Å². The van der Waals surface area contributed by atoms with Gasteiger partial charge in [0.05, 0.1) is 16.5 Å². The number of fused-ring (bicyclic) bond motifs is 1. The number of benzene rings is 2. The van der Waals surface area contributed by atoms with Crippen LogP contribution in [0.1, 0.15) is 22.8 Å².